The molecule has 0 unspecified atom stereocenters. The number of urea groups is 1. The molecule has 0 radical (unpaired) electrons. The average molecular weight is 270 g/mol. The zero-order chi connectivity index (χ0) is 14.4. The normalized spacial score (nSPS) is 11.6. The van der Waals surface area contributed by atoms with Crippen LogP contribution in [0, 0.1) is 6.92 Å². The Hall–Kier alpha value is -2.58. The summed E-state index contributed by atoms with van der Waals surface area (Å²) in [4.78, 5) is 36.7. The third-order valence-corrected chi connectivity index (χ3v) is 2.08. The number of nitrogens with one attached hydrogen (secondary N) is 2. The number of carboxylic acids is 1. The van der Waals surface area contributed by atoms with E-state index in [1.807, 2.05) is 0 Å². The van der Waals surface area contributed by atoms with Crippen molar-refractivity contribution in [2.75, 3.05) is 0 Å². The molecule has 0 aliphatic heterocycles. The van der Waals surface area contributed by atoms with Gasteiger partial charge in [-0.15, -0.1) is 0 Å². The van der Waals surface area contributed by atoms with E-state index in [-0.39, 0.29) is 12.4 Å². The Morgan fingerprint density at radius 2 is 2.21 bits per heavy atom. The van der Waals surface area contributed by atoms with Gasteiger partial charge in [0.15, 0.2) is 0 Å². The molecule has 1 rings (SSSR count). The second-order valence-electron chi connectivity index (χ2n) is 3.75. The van der Waals surface area contributed by atoms with E-state index in [2.05, 4.69) is 15.6 Å². The molecule has 5 N–H and O–H groups in total. The maximum Gasteiger partial charge on any atom is 0.326 e. The fraction of sp³-hybridized carbons (Fsp3) is 0.400. The first-order chi connectivity index (χ1) is 8.88. The monoisotopic (exact) mass is 270 g/mol. The van der Waals surface area contributed by atoms with Crippen molar-refractivity contribution in [2.45, 2.75) is 25.9 Å². The van der Waals surface area contributed by atoms with Crippen molar-refractivity contribution < 1.29 is 23.9 Å². The lowest BCUT2D eigenvalue weighted by atomic mass is 10.2. The molecule has 104 valence electrons. The number of primary amides is 1. The van der Waals surface area contributed by atoms with Gasteiger partial charge in [-0.25, -0.2) is 14.6 Å². The molecular formula is C10H14N4O5. The molecule has 0 bridgehead atoms. The Kier molecular flexibility index (Phi) is 4.86. The molecule has 0 saturated carbocycles. The Morgan fingerprint density at radius 3 is 2.68 bits per heavy atom. The molecule has 0 spiro atoms. The lowest BCUT2D eigenvalue weighted by Crippen LogP contribution is -2.47. The number of carbonyl (C=O) groups is 3. The number of hydrogen-bond donors (Lipinski definition) is 4. The van der Waals surface area contributed by atoms with Crippen LogP contribution in [0.25, 0.3) is 0 Å². The SMILES string of the molecule is Cc1cnc(CNC(=O)N[C@@H](CC(N)=O)C(=O)O)o1. The maximum atomic E-state index is 11.4. The maximum absolute atomic E-state index is 11.4. The van der Waals surface area contributed by atoms with Crippen LogP contribution in [0.2, 0.25) is 0 Å². The van der Waals surface area contributed by atoms with Crippen molar-refractivity contribution >= 4 is 17.9 Å². The van der Waals surface area contributed by atoms with Crippen LogP contribution >= 0.6 is 0 Å². The first-order valence-electron chi connectivity index (χ1n) is 5.35. The minimum atomic E-state index is -1.37. The average Bonchev–Trinajstić information content (AvgIpc) is 2.71. The molecule has 1 atom stereocenters. The van der Waals surface area contributed by atoms with E-state index in [9.17, 15) is 14.4 Å². The van der Waals surface area contributed by atoms with Crippen LogP contribution in [-0.4, -0.2) is 34.0 Å². The van der Waals surface area contributed by atoms with Gasteiger partial charge in [-0.1, -0.05) is 0 Å². The van der Waals surface area contributed by atoms with E-state index in [0.29, 0.717) is 5.76 Å². The van der Waals surface area contributed by atoms with Gasteiger partial charge in [-0.2, -0.15) is 0 Å². The Labute approximate surface area is 108 Å². The van der Waals surface area contributed by atoms with Crippen LogP contribution < -0.4 is 16.4 Å². The number of aliphatic carboxylic acids is 1. The molecule has 3 amide bonds. The number of nitrogens with two attached hydrogens (primary N) is 1. The van der Waals surface area contributed by atoms with Crippen LogP contribution in [-0.2, 0) is 16.1 Å². The van der Waals surface area contributed by atoms with Gasteiger partial charge in [0.25, 0.3) is 0 Å². The lowest BCUT2D eigenvalue weighted by molar-refractivity contribution is -0.140. The van der Waals surface area contributed by atoms with Crippen molar-refractivity contribution in [3.05, 3.63) is 17.8 Å². The molecule has 19 heavy (non-hydrogen) atoms. The Balaban J connectivity index is 2.44. The van der Waals surface area contributed by atoms with E-state index < -0.39 is 30.4 Å². The fourth-order valence-electron chi connectivity index (χ4n) is 1.25. The molecule has 9 heteroatoms. The smallest absolute Gasteiger partial charge is 0.326 e. The molecular weight excluding hydrogens is 256 g/mol. The summed E-state index contributed by atoms with van der Waals surface area (Å²) in [6.45, 7) is 1.70. The molecule has 0 aromatic carbocycles. The first-order valence-corrected chi connectivity index (χ1v) is 5.35. The second kappa shape index (κ2) is 6.38. The topological polar surface area (TPSA) is 148 Å². The molecule has 0 fully saturated rings. The van der Waals surface area contributed by atoms with Gasteiger partial charge in [0, 0.05) is 0 Å². The summed E-state index contributed by atoms with van der Waals surface area (Å²) in [6, 6.07) is -2.13. The zero-order valence-electron chi connectivity index (χ0n) is 10.2. The summed E-state index contributed by atoms with van der Waals surface area (Å²) < 4.78 is 5.11. The van der Waals surface area contributed by atoms with Gasteiger partial charge in [-0.3, -0.25) is 4.79 Å². The quantitative estimate of drug-likeness (QED) is 0.527. The molecule has 1 heterocycles. The molecule has 1 aromatic heterocycles. The Bertz CT molecular complexity index is 484. The number of nitrogens with zero attached hydrogens (tertiary/aromatic N) is 1. The summed E-state index contributed by atoms with van der Waals surface area (Å²) >= 11 is 0. The van der Waals surface area contributed by atoms with Crippen molar-refractivity contribution in [3.63, 3.8) is 0 Å². The van der Waals surface area contributed by atoms with Crippen LogP contribution in [0.5, 0.6) is 0 Å². The van der Waals surface area contributed by atoms with Crippen LogP contribution in [0.4, 0.5) is 4.79 Å². The molecule has 9 nitrogen and oxygen atoms in total. The van der Waals surface area contributed by atoms with Gasteiger partial charge in [0.2, 0.25) is 11.8 Å². The highest BCUT2D eigenvalue weighted by molar-refractivity contribution is 5.87. The fourth-order valence-corrected chi connectivity index (χ4v) is 1.25. The highest BCUT2D eigenvalue weighted by Gasteiger charge is 2.22. The second-order valence-corrected chi connectivity index (χ2v) is 3.75. The third-order valence-electron chi connectivity index (χ3n) is 2.08. The van der Waals surface area contributed by atoms with Crippen LogP contribution in [0.15, 0.2) is 10.6 Å². The first kappa shape index (κ1) is 14.5. The van der Waals surface area contributed by atoms with Crippen LogP contribution in [0.3, 0.4) is 0 Å². The number of hydrogen-bond acceptors (Lipinski definition) is 5. The summed E-state index contributed by atoms with van der Waals surface area (Å²) in [5.41, 5.74) is 4.88. The molecule has 0 aliphatic rings. The largest absolute Gasteiger partial charge is 0.480 e. The Morgan fingerprint density at radius 1 is 1.53 bits per heavy atom. The predicted molar refractivity (Wildman–Crippen MR) is 61.8 cm³/mol. The number of carboxylic acid groups (broad SMARTS) is 1. The number of carbonyl (C=O) groups excluding carboxylic acids is 2. The number of oxazole rings is 1. The minimum absolute atomic E-state index is 0.00256. The predicted octanol–water partition coefficient (Wildman–Crippen LogP) is -0.889. The van der Waals surface area contributed by atoms with Gasteiger partial charge >= 0.3 is 12.0 Å². The number of aromatic nitrogens is 1. The van der Waals surface area contributed by atoms with E-state index in [1.165, 1.54) is 6.20 Å². The molecule has 1 aromatic rings. The highest BCUT2D eigenvalue weighted by Crippen LogP contribution is 2.00. The summed E-state index contributed by atoms with van der Waals surface area (Å²) in [5, 5.41) is 13.2. The highest BCUT2D eigenvalue weighted by atomic mass is 16.4. The number of aryl methyl sites for hydroxylation is 1. The summed E-state index contributed by atoms with van der Waals surface area (Å²) in [6.07, 6.45) is 1.00. The standard InChI is InChI=1S/C10H14N4O5/c1-5-3-12-8(19-5)4-13-10(18)14-6(9(16)17)2-7(11)15/h3,6H,2,4H2,1H3,(H2,11,15)(H,16,17)(H2,13,14,18)/t6-/m0/s1. The van der Waals surface area contributed by atoms with E-state index in [1.54, 1.807) is 6.92 Å². The van der Waals surface area contributed by atoms with Crippen molar-refractivity contribution in [1.82, 2.24) is 15.6 Å². The van der Waals surface area contributed by atoms with Crippen LogP contribution in [0.1, 0.15) is 18.1 Å². The van der Waals surface area contributed by atoms with Crippen molar-refractivity contribution in [3.8, 4) is 0 Å². The number of rotatable bonds is 6. The van der Waals surface area contributed by atoms with Gasteiger partial charge in [0.1, 0.15) is 11.8 Å². The summed E-state index contributed by atoms with van der Waals surface area (Å²) in [7, 11) is 0. The van der Waals surface area contributed by atoms with E-state index in [4.69, 9.17) is 15.3 Å². The lowest BCUT2D eigenvalue weighted by Gasteiger charge is -2.12. The van der Waals surface area contributed by atoms with Gasteiger partial charge < -0.3 is 25.9 Å². The minimum Gasteiger partial charge on any atom is -0.480 e. The van der Waals surface area contributed by atoms with Gasteiger partial charge in [0.05, 0.1) is 19.2 Å². The van der Waals surface area contributed by atoms with Crippen molar-refractivity contribution in [2.24, 2.45) is 5.73 Å². The van der Waals surface area contributed by atoms with E-state index in [0.717, 1.165) is 0 Å². The number of amides is 3. The zero-order valence-corrected chi connectivity index (χ0v) is 10.2. The van der Waals surface area contributed by atoms with Gasteiger partial charge in [-0.05, 0) is 6.92 Å². The van der Waals surface area contributed by atoms with Crippen molar-refractivity contribution in [1.29, 1.82) is 0 Å². The van der Waals surface area contributed by atoms with E-state index >= 15 is 0 Å². The summed E-state index contributed by atoms with van der Waals surface area (Å²) in [5.74, 6) is -1.29. The third kappa shape index (κ3) is 5.06. The molecule has 0 saturated heterocycles. The molecule has 0 aliphatic carbocycles.